The van der Waals surface area contributed by atoms with Crippen LogP contribution in [0.1, 0.15) is 25.0 Å². The van der Waals surface area contributed by atoms with Gasteiger partial charge in [-0.3, -0.25) is 0 Å². The summed E-state index contributed by atoms with van der Waals surface area (Å²) in [5.74, 6) is 0. The maximum absolute atomic E-state index is 4.03. The molecule has 0 nitrogen and oxygen atoms in total. The zero-order chi connectivity index (χ0) is 11.7. The Bertz CT molecular complexity index is 490. The van der Waals surface area contributed by atoms with Gasteiger partial charge in [0, 0.05) is 0 Å². The summed E-state index contributed by atoms with van der Waals surface area (Å²) in [6.07, 6.45) is 0. The molecule has 2 heteroatoms. The summed E-state index contributed by atoms with van der Waals surface area (Å²) < 4.78 is 0. The van der Waals surface area contributed by atoms with Crippen LogP contribution in [0.2, 0.25) is 0 Å². The Labute approximate surface area is 105 Å². The number of hydrogen-bond donors (Lipinski definition) is 0. The highest BCUT2D eigenvalue weighted by Crippen LogP contribution is 2.40. The van der Waals surface area contributed by atoms with Crippen molar-refractivity contribution in [3.63, 3.8) is 0 Å². The predicted octanol–water partition coefficient (Wildman–Crippen LogP) is 5.54. The SMILES string of the molecule is C=C(C)c1ccsc1-c1sccc1C(=C)C. The minimum Gasteiger partial charge on any atom is -0.142 e. The van der Waals surface area contributed by atoms with E-state index in [-0.39, 0.29) is 0 Å². The van der Waals surface area contributed by atoms with E-state index in [0.29, 0.717) is 0 Å². The van der Waals surface area contributed by atoms with E-state index < -0.39 is 0 Å². The molecule has 0 atom stereocenters. The number of rotatable bonds is 3. The van der Waals surface area contributed by atoms with E-state index in [1.807, 2.05) is 0 Å². The molecule has 82 valence electrons. The standard InChI is InChI=1S/C14H14S2/c1-9(2)11-5-7-15-13(11)14-12(10(3)4)6-8-16-14/h5-8H,1,3H2,2,4H3. The average molecular weight is 246 g/mol. The van der Waals surface area contributed by atoms with E-state index in [0.717, 1.165) is 11.1 Å². The lowest BCUT2D eigenvalue weighted by molar-refractivity contribution is 1.64. The summed E-state index contributed by atoms with van der Waals surface area (Å²) >= 11 is 3.55. The maximum atomic E-state index is 4.03. The van der Waals surface area contributed by atoms with Gasteiger partial charge in [-0.05, 0) is 59.0 Å². The van der Waals surface area contributed by atoms with Crippen molar-refractivity contribution in [2.75, 3.05) is 0 Å². The Morgan fingerprint density at radius 1 is 0.875 bits per heavy atom. The number of allylic oxidation sites excluding steroid dienone is 2. The second-order valence-electron chi connectivity index (χ2n) is 3.89. The summed E-state index contributed by atoms with van der Waals surface area (Å²) in [5.41, 5.74) is 4.76. The van der Waals surface area contributed by atoms with Crippen molar-refractivity contribution in [2.45, 2.75) is 13.8 Å². The minimum absolute atomic E-state index is 1.12. The smallest absolute Gasteiger partial charge is 0.0523 e. The average Bonchev–Trinajstić information content (AvgIpc) is 2.85. The van der Waals surface area contributed by atoms with E-state index in [4.69, 9.17) is 0 Å². The van der Waals surface area contributed by atoms with Gasteiger partial charge in [-0.25, -0.2) is 0 Å². The molecule has 0 aromatic carbocycles. The van der Waals surface area contributed by atoms with Gasteiger partial charge in [0.1, 0.15) is 0 Å². The highest BCUT2D eigenvalue weighted by Gasteiger charge is 2.13. The Morgan fingerprint density at radius 3 is 1.56 bits per heavy atom. The van der Waals surface area contributed by atoms with E-state index >= 15 is 0 Å². The second-order valence-corrected chi connectivity index (χ2v) is 5.72. The van der Waals surface area contributed by atoms with Crippen molar-refractivity contribution in [3.05, 3.63) is 47.2 Å². The molecule has 2 aromatic rings. The Hall–Kier alpha value is -1.12. The lowest BCUT2D eigenvalue weighted by Gasteiger charge is -2.04. The van der Waals surface area contributed by atoms with Gasteiger partial charge < -0.3 is 0 Å². The van der Waals surface area contributed by atoms with Crippen LogP contribution >= 0.6 is 22.7 Å². The molecule has 2 heterocycles. The normalized spacial score (nSPS) is 10.4. The minimum atomic E-state index is 1.12. The first-order chi connectivity index (χ1) is 7.61. The van der Waals surface area contributed by atoms with E-state index in [2.05, 4.69) is 49.9 Å². The summed E-state index contributed by atoms with van der Waals surface area (Å²) in [6.45, 7) is 12.2. The van der Waals surface area contributed by atoms with Crippen LogP contribution in [-0.2, 0) is 0 Å². The van der Waals surface area contributed by atoms with Crippen LogP contribution in [0.3, 0.4) is 0 Å². The van der Waals surface area contributed by atoms with Gasteiger partial charge in [0.15, 0.2) is 0 Å². The van der Waals surface area contributed by atoms with Crippen molar-refractivity contribution in [3.8, 4) is 9.75 Å². The molecule has 0 amide bonds. The Kier molecular flexibility index (Phi) is 3.13. The van der Waals surface area contributed by atoms with Gasteiger partial charge >= 0.3 is 0 Å². The first-order valence-corrected chi connectivity index (χ1v) is 6.84. The monoisotopic (exact) mass is 246 g/mol. The molecule has 2 aromatic heterocycles. The summed E-state index contributed by atoms with van der Waals surface area (Å²) in [4.78, 5) is 2.64. The molecule has 0 aliphatic rings. The third-order valence-electron chi connectivity index (χ3n) is 2.46. The molecule has 0 fully saturated rings. The molecule has 0 radical (unpaired) electrons. The van der Waals surface area contributed by atoms with Crippen LogP contribution < -0.4 is 0 Å². The molecule has 0 unspecified atom stereocenters. The first-order valence-electron chi connectivity index (χ1n) is 5.08. The fourth-order valence-electron chi connectivity index (χ4n) is 1.64. The largest absolute Gasteiger partial charge is 0.142 e. The topological polar surface area (TPSA) is 0 Å². The van der Waals surface area contributed by atoms with Crippen molar-refractivity contribution in [1.29, 1.82) is 0 Å². The summed E-state index contributed by atoms with van der Waals surface area (Å²) in [6, 6.07) is 4.29. The van der Waals surface area contributed by atoms with Gasteiger partial charge in [-0.2, -0.15) is 0 Å². The molecule has 2 rings (SSSR count). The maximum Gasteiger partial charge on any atom is 0.0523 e. The third kappa shape index (κ3) is 1.91. The zero-order valence-corrected chi connectivity index (χ0v) is 11.2. The second kappa shape index (κ2) is 4.40. The van der Waals surface area contributed by atoms with Gasteiger partial charge in [-0.15, -0.1) is 22.7 Å². The highest BCUT2D eigenvalue weighted by molar-refractivity contribution is 7.20. The zero-order valence-electron chi connectivity index (χ0n) is 9.54. The Balaban J connectivity index is 2.59. The van der Waals surface area contributed by atoms with Crippen molar-refractivity contribution in [2.24, 2.45) is 0 Å². The predicted molar refractivity (Wildman–Crippen MR) is 77.0 cm³/mol. The van der Waals surface area contributed by atoms with Crippen molar-refractivity contribution < 1.29 is 0 Å². The molecule has 0 saturated carbocycles. The van der Waals surface area contributed by atoms with Gasteiger partial charge in [0.25, 0.3) is 0 Å². The Morgan fingerprint density at radius 2 is 1.25 bits per heavy atom. The molecule has 16 heavy (non-hydrogen) atoms. The van der Waals surface area contributed by atoms with E-state index in [1.165, 1.54) is 20.9 Å². The fourth-order valence-corrected chi connectivity index (χ4v) is 3.78. The molecule has 0 spiro atoms. The fraction of sp³-hybridized carbons (Fsp3) is 0.143. The quantitative estimate of drug-likeness (QED) is 0.666. The van der Waals surface area contributed by atoms with Crippen LogP contribution in [0.4, 0.5) is 0 Å². The molecular formula is C14H14S2. The van der Waals surface area contributed by atoms with Crippen LogP contribution in [0.25, 0.3) is 20.9 Å². The first kappa shape index (κ1) is 11.4. The lowest BCUT2D eigenvalue weighted by atomic mass is 10.1. The van der Waals surface area contributed by atoms with Crippen LogP contribution in [0.5, 0.6) is 0 Å². The molecule has 0 bridgehead atoms. The highest BCUT2D eigenvalue weighted by atomic mass is 32.1. The molecule has 0 saturated heterocycles. The number of thiophene rings is 2. The molecule has 0 aliphatic carbocycles. The van der Waals surface area contributed by atoms with E-state index in [9.17, 15) is 0 Å². The third-order valence-corrected chi connectivity index (χ3v) is 4.45. The van der Waals surface area contributed by atoms with Gasteiger partial charge in [0.05, 0.1) is 9.75 Å². The van der Waals surface area contributed by atoms with Crippen LogP contribution in [0.15, 0.2) is 36.1 Å². The van der Waals surface area contributed by atoms with E-state index in [1.54, 1.807) is 22.7 Å². The molecule has 0 N–H and O–H groups in total. The van der Waals surface area contributed by atoms with Crippen molar-refractivity contribution >= 4 is 33.8 Å². The molecule has 0 aliphatic heterocycles. The lowest BCUT2D eigenvalue weighted by Crippen LogP contribution is -1.80. The van der Waals surface area contributed by atoms with Gasteiger partial charge in [0.2, 0.25) is 0 Å². The van der Waals surface area contributed by atoms with Crippen LogP contribution in [-0.4, -0.2) is 0 Å². The van der Waals surface area contributed by atoms with Crippen molar-refractivity contribution in [1.82, 2.24) is 0 Å². The van der Waals surface area contributed by atoms with Gasteiger partial charge in [-0.1, -0.05) is 13.2 Å². The summed E-state index contributed by atoms with van der Waals surface area (Å²) in [5, 5.41) is 4.25. The van der Waals surface area contributed by atoms with Crippen LogP contribution in [0, 0.1) is 0 Å². The molecular weight excluding hydrogens is 232 g/mol. The summed E-state index contributed by atoms with van der Waals surface area (Å²) in [7, 11) is 0. The number of hydrogen-bond acceptors (Lipinski definition) is 2.